The van der Waals surface area contributed by atoms with Crippen LogP contribution in [0.4, 0.5) is 4.79 Å². The van der Waals surface area contributed by atoms with E-state index in [9.17, 15) is 4.79 Å². The van der Waals surface area contributed by atoms with Gasteiger partial charge in [0.25, 0.3) is 0 Å². The highest BCUT2D eigenvalue weighted by molar-refractivity contribution is 5.71. The number of nitrogens with two attached hydrogens (primary N) is 1. The van der Waals surface area contributed by atoms with E-state index >= 15 is 0 Å². The number of carbonyl (C=O) groups is 1. The van der Waals surface area contributed by atoms with Gasteiger partial charge < -0.3 is 11.1 Å². The third-order valence-corrected chi connectivity index (χ3v) is 2.75. The predicted molar refractivity (Wildman–Crippen MR) is 64.8 cm³/mol. The van der Waals surface area contributed by atoms with E-state index in [4.69, 9.17) is 5.73 Å². The number of hydrogen-bond donors (Lipinski definition) is 2. The van der Waals surface area contributed by atoms with Gasteiger partial charge in [0.1, 0.15) is 0 Å². The summed E-state index contributed by atoms with van der Waals surface area (Å²) >= 11 is 0. The quantitative estimate of drug-likeness (QED) is 0.569. The maximum absolute atomic E-state index is 10.7. The summed E-state index contributed by atoms with van der Waals surface area (Å²) in [7, 11) is 0. The number of primary amides is 1. The second-order valence-electron chi connectivity index (χ2n) is 4.17. The van der Waals surface area contributed by atoms with Crippen LogP contribution < -0.4 is 11.1 Å². The number of unbranched alkanes of at least 4 members (excludes halogenated alkanes) is 5. The largest absolute Gasteiger partial charge is 0.352 e. The van der Waals surface area contributed by atoms with Crippen LogP contribution in [0, 0.1) is 0 Å². The Bertz CT molecular complexity index is 160. The van der Waals surface area contributed by atoms with E-state index in [-0.39, 0.29) is 6.04 Å². The van der Waals surface area contributed by atoms with Gasteiger partial charge in [0.15, 0.2) is 0 Å². The van der Waals surface area contributed by atoms with Gasteiger partial charge in [-0.05, 0) is 12.8 Å². The van der Waals surface area contributed by atoms with E-state index in [2.05, 4.69) is 19.2 Å². The summed E-state index contributed by atoms with van der Waals surface area (Å²) in [5.74, 6) is 0. The molecule has 1 atom stereocenters. The summed E-state index contributed by atoms with van der Waals surface area (Å²) in [6, 6.07) is -0.124. The zero-order valence-corrected chi connectivity index (χ0v) is 10.2. The normalized spacial score (nSPS) is 12.4. The van der Waals surface area contributed by atoms with Gasteiger partial charge in [-0.2, -0.15) is 0 Å². The monoisotopic (exact) mass is 214 g/mol. The van der Waals surface area contributed by atoms with Crippen molar-refractivity contribution in [2.24, 2.45) is 5.73 Å². The molecular weight excluding hydrogens is 188 g/mol. The van der Waals surface area contributed by atoms with Crippen molar-refractivity contribution in [1.29, 1.82) is 0 Å². The van der Waals surface area contributed by atoms with Gasteiger partial charge in [-0.15, -0.1) is 0 Å². The number of hydrogen-bond acceptors (Lipinski definition) is 1. The fraction of sp³-hybridized carbons (Fsp3) is 0.917. The van der Waals surface area contributed by atoms with E-state index in [1.165, 1.54) is 38.5 Å². The molecule has 0 aliphatic carbocycles. The van der Waals surface area contributed by atoms with Crippen LogP contribution in [-0.2, 0) is 0 Å². The third-order valence-electron chi connectivity index (χ3n) is 2.75. The molecule has 0 aromatic rings. The number of amides is 2. The standard InChI is InChI=1S/C12H26N2O/c1-3-5-6-7-8-9-10-11(4-2)14-12(13)15/h11H,3-10H2,1-2H3,(H3,13,14,15). The molecule has 3 heteroatoms. The molecule has 0 aliphatic rings. The van der Waals surface area contributed by atoms with Crippen molar-refractivity contribution in [2.45, 2.75) is 71.3 Å². The number of carbonyl (C=O) groups excluding carboxylic acids is 1. The smallest absolute Gasteiger partial charge is 0.312 e. The summed E-state index contributed by atoms with van der Waals surface area (Å²) in [4.78, 5) is 10.7. The van der Waals surface area contributed by atoms with E-state index in [0.717, 1.165) is 12.8 Å². The maximum Gasteiger partial charge on any atom is 0.312 e. The zero-order valence-electron chi connectivity index (χ0n) is 10.2. The van der Waals surface area contributed by atoms with Crippen molar-refractivity contribution in [3.8, 4) is 0 Å². The molecule has 0 spiro atoms. The van der Waals surface area contributed by atoms with Crippen LogP contribution >= 0.6 is 0 Å². The highest BCUT2D eigenvalue weighted by atomic mass is 16.2. The second kappa shape index (κ2) is 9.81. The first kappa shape index (κ1) is 14.3. The molecule has 3 nitrogen and oxygen atoms in total. The first-order chi connectivity index (χ1) is 7.20. The molecule has 0 radical (unpaired) electrons. The Morgan fingerprint density at radius 3 is 2.27 bits per heavy atom. The van der Waals surface area contributed by atoms with Crippen molar-refractivity contribution in [1.82, 2.24) is 5.32 Å². The van der Waals surface area contributed by atoms with Crippen molar-refractivity contribution < 1.29 is 4.79 Å². The lowest BCUT2D eigenvalue weighted by Crippen LogP contribution is -2.38. The average molecular weight is 214 g/mol. The van der Waals surface area contributed by atoms with Gasteiger partial charge in [-0.1, -0.05) is 52.4 Å². The summed E-state index contributed by atoms with van der Waals surface area (Å²) in [6.45, 7) is 4.31. The predicted octanol–water partition coefficient (Wildman–Crippen LogP) is 3.18. The van der Waals surface area contributed by atoms with Crippen LogP contribution in [0.25, 0.3) is 0 Å². The topological polar surface area (TPSA) is 55.1 Å². The maximum atomic E-state index is 10.7. The van der Waals surface area contributed by atoms with Gasteiger partial charge in [0.2, 0.25) is 0 Å². The third kappa shape index (κ3) is 9.57. The van der Waals surface area contributed by atoms with E-state index in [0.29, 0.717) is 0 Å². The molecule has 0 aromatic heterocycles. The molecule has 1 unspecified atom stereocenters. The Balaban J connectivity index is 3.34. The first-order valence-corrected chi connectivity index (χ1v) is 6.26. The minimum absolute atomic E-state index is 0.272. The van der Waals surface area contributed by atoms with Crippen LogP contribution in [0.3, 0.4) is 0 Å². The summed E-state index contributed by atoms with van der Waals surface area (Å²) < 4.78 is 0. The molecule has 3 N–H and O–H groups in total. The Morgan fingerprint density at radius 1 is 1.13 bits per heavy atom. The lowest BCUT2D eigenvalue weighted by molar-refractivity contribution is 0.243. The van der Waals surface area contributed by atoms with Crippen molar-refractivity contribution in [3.63, 3.8) is 0 Å². The number of nitrogens with one attached hydrogen (secondary N) is 1. The fourth-order valence-electron chi connectivity index (χ4n) is 1.75. The molecule has 0 aromatic carbocycles. The lowest BCUT2D eigenvalue weighted by Gasteiger charge is -2.14. The molecule has 0 rings (SSSR count). The highest BCUT2D eigenvalue weighted by Crippen LogP contribution is 2.09. The first-order valence-electron chi connectivity index (χ1n) is 6.26. The molecule has 0 aliphatic heterocycles. The van der Waals surface area contributed by atoms with Crippen molar-refractivity contribution >= 4 is 6.03 Å². The molecule has 2 amide bonds. The van der Waals surface area contributed by atoms with E-state index in [1.807, 2.05) is 0 Å². The van der Waals surface area contributed by atoms with Gasteiger partial charge in [0, 0.05) is 6.04 Å². The SMILES string of the molecule is CCCCCCCCC(CC)NC(N)=O. The van der Waals surface area contributed by atoms with Crippen molar-refractivity contribution in [3.05, 3.63) is 0 Å². The minimum Gasteiger partial charge on any atom is -0.352 e. The number of urea groups is 1. The Hall–Kier alpha value is -0.730. The highest BCUT2D eigenvalue weighted by Gasteiger charge is 2.06. The minimum atomic E-state index is -0.396. The van der Waals surface area contributed by atoms with Crippen LogP contribution in [0.1, 0.15) is 65.2 Å². The van der Waals surface area contributed by atoms with Crippen LogP contribution in [0.2, 0.25) is 0 Å². The summed E-state index contributed by atoms with van der Waals surface area (Å²) in [6.07, 6.45) is 9.80. The van der Waals surface area contributed by atoms with Crippen LogP contribution in [0.15, 0.2) is 0 Å². The van der Waals surface area contributed by atoms with Crippen molar-refractivity contribution in [2.75, 3.05) is 0 Å². The summed E-state index contributed by atoms with van der Waals surface area (Å²) in [5, 5.41) is 2.77. The summed E-state index contributed by atoms with van der Waals surface area (Å²) in [5.41, 5.74) is 5.09. The fourth-order valence-corrected chi connectivity index (χ4v) is 1.75. The lowest BCUT2D eigenvalue weighted by atomic mass is 10.0. The molecular formula is C12H26N2O. The molecule has 0 heterocycles. The zero-order chi connectivity index (χ0) is 11.5. The Morgan fingerprint density at radius 2 is 1.73 bits per heavy atom. The van der Waals surface area contributed by atoms with Gasteiger partial charge >= 0.3 is 6.03 Å². The molecule has 90 valence electrons. The van der Waals surface area contributed by atoms with Crippen LogP contribution in [0.5, 0.6) is 0 Å². The Kier molecular flexibility index (Phi) is 9.33. The molecule has 0 bridgehead atoms. The molecule has 0 fully saturated rings. The van der Waals surface area contributed by atoms with Gasteiger partial charge in [-0.3, -0.25) is 0 Å². The Labute approximate surface area is 93.8 Å². The second-order valence-corrected chi connectivity index (χ2v) is 4.17. The van der Waals surface area contributed by atoms with Crippen LogP contribution in [-0.4, -0.2) is 12.1 Å². The molecule has 0 saturated carbocycles. The average Bonchev–Trinajstić information content (AvgIpc) is 2.20. The molecule has 0 saturated heterocycles. The van der Waals surface area contributed by atoms with E-state index < -0.39 is 6.03 Å². The molecule has 15 heavy (non-hydrogen) atoms. The van der Waals surface area contributed by atoms with Gasteiger partial charge in [0.05, 0.1) is 0 Å². The van der Waals surface area contributed by atoms with Gasteiger partial charge in [-0.25, -0.2) is 4.79 Å². The number of rotatable bonds is 9. The van der Waals surface area contributed by atoms with E-state index in [1.54, 1.807) is 0 Å².